The molecule has 0 saturated heterocycles. The predicted molar refractivity (Wildman–Crippen MR) is 95.3 cm³/mol. The van der Waals surface area contributed by atoms with Crippen molar-refractivity contribution < 1.29 is 14.3 Å². The van der Waals surface area contributed by atoms with Gasteiger partial charge in [-0.2, -0.15) is 0 Å². The van der Waals surface area contributed by atoms with Gasteiger partial charge in [0.05, 0.1) is 13.0 Å². The molecule has 1 aliphatic rings. The van der Waals surface area contributed by atoms with Gasteiger partial charge in [-0.3, -0.25) is 9.59 Å². The molecule has 1 fully saturated rings. The maximum Gasteiger partial charge on any atom is 0.251 e. The number of hydrogen-bond acceptors (Lipinski definition) is 3. The van der Waals surface area contributed by atoms with Crippen LogP contribution < -0.4 is 15.4 Å². The van der Waals surface area contributed by atoms with E-state index in [1.54, 1.807) is 12.1 Å². The first-order chi connectivity index (χ1) is 12.2. The third kappa shape index (κ3) is 5.64. The summed E-state index contributed by atoms with van der Waals surface area (Å²) in [6.45, 7) is 0.783. The lowest BCUT2D eigenvalue weighted by Gasteiger charge is -2.08. The molecule has 0 radical (unpaired) electrons. The molecule has 2 aromatic rings. The van der Waals surface area contributed by atoms with Crippen molar-refractivity contribution in [3.63, 3.8) is 0 Å². The summed E-state index contributed by atoms with van der Waals surface area (Å²) in [6.07, 6.45) is 2.45. The number of carbonyl (C=O) groups is 2. The van der Waals surface area contributed by atoms with Gasteiger partial charge in [0.25, 0.3) is 5.91 Å². The Morgan fingerprint density at radius 2 is 1.72 bits per heavy atom. The summed E-state index contributed by atoms with van der Waals surface area (Å²) >= 11 is 0. The fourth-order valence-electron chi connectivity index (χ4n) is 2.34. The number of benzene rings is 2. The van der Waals surface area contributed by atoms with Crippen LogP contribution in [-0.2, 0) is 11.3 Å². The number of ether oxygens (including phenoxy) is 1. The van der Waals surface area contributed by atoms with Gasteiger partial charge in [0.15, 0.2) is 0 Å². The first kappa shape index (κ1) is 17.0. The Hall–Kier alpha value is -2.82. The maximum absolute atomic E-state index is 11.9. The van der Waals surface area contributed by atoms with Gasteiger partial charge in [0, 0.05) is 18.2 Å². The molecule has 0 aliphatic heterocycles. The molecule has 0 spiro atoms. The molecule has 25 heavy (non-hydrogen) atoms. The van der Waals surface area contributed by atoms with E-state index in [4.69, 9.17) is 4.74 Å². The van der Waals surface area contributed by atoms with Gasteiger partial charge in [-0.25, -0.2) is 0 Å². The van der Waals surface area contributed by atoms with E-state index in [9.17, 15) is 9.59 Å². The van der Waals surface area contributed by atoms with Crippen molar-refractivity contribution in [2.45, 2.75) is 31.8 Å². The normalized spacial score (nSPS) is 13.1. The molecule has 2 N–H and O–H groups in total. The van der Waals surface area contributed by atoms with E-state index in [2.05, 4.69) is 10.6 Å². The van der Waals surface area contributed by atoms with Crippen LogP contribution in [0.25, 0.3) is 0 Å². The average Bonchev–Trinajstić information content (AvgIpc) is 3.45. The van der Waals surface area contributed by atoms with Crippen molar-refractivity contribution in [2.75, 3.05) is 6.61 Å². The molecule has 0 unspecified atom stereocenters. The summed E-state index contributed by atoms with van der Waals surface area (Å²) in [5, 5.41) is 5.81. The first-order valence-electron chi connectivity index (χ1n) is 8.55. The van der Waals surface area contributed by atoms with E-state index < -0.39 is 0 Å². The summed E-state index contributed by atoms with van der Waals surface area (Å²) in [4.78, 5) is 23.8. The van der Waals surface area contributed by atoms with Gasteiger partial charge in [-0.1, -0.05) is 30.3 Å². The van der Waals surface area contributed by atoms with Gasteiger partial charge in [-0.15, -0.1) is 0 Å². The fraction of sp³-hybridized carbons (Fsp3) is 0.300. The maximum atomic E-state index is 11.9. The van der Waals surface area contributed by atoms with Crippen LogP contribution in [0.2, 0.25) is 0 Å². The lowest BCUT2D eigenvalue weighted by atomic mass is 10.1. The SMILES string of the molecule is O=C(CCOc1ccccc1)NCc1ccc(C(=O)NC2CC2)cc1. The Morgan fingerprint density at radius 3 is 2.40 bits per heavy atom. The van der Waals surface area contributed by atoms with Crippen molar-refractivity contribution in [3.8, 4) is 5.75 Å². The van der Waals surface area contributed by atoms with Gasteiger partial charge in [-0.05, 0) is 42.7 Å². The second-order valence-electron chi connectivity index (χ2n) is 6.13. The van der Waals surface area contributed by atoms with Crippen molar-refractivity contribution in [1.82, 2.24) is 10.6 Å². The summed E-state index contributed by atoms with van der Waals surface area (Å²) < 4.78 is 5.50. The number of hydrogen-bond donors (Lipinski definition) is 2. The molecule has 1 aliphatic carbocycles. The van der Waals surface area contributed by atoms with Gasteiger partial charge >= 0.3 is 0 Å². The van der Waals surface area contributed by atoms with E-state index in [0.717, 1.165) is 24.2 Å². The number of rotatable bonds is 8. The largest absolute Gasteiger partial charge is 0.493 e. The number of carbonyl (C=O) groups excluding carboxylic acids is 2. The number of nitrogens with one attached hydrogen (secondary N) is 2. The van der Waals surface area contributed by atoms with E-state index in [-0.39, 0.29) is 11.8 Å². The third-order valence-electron chi connectivity index (χ3n) is 3.96. The Labute approximate surface area is 147 Å². The summed E-state index contributed by atoms with van der Waals surface area (Å²) in [7, 11) is 0. The quantitative estimate of drug-likeness (QED) is 0.778. The minimum absolute atomic E-state index is 0.0313. The van der Waals surface area contributed by atoms with Crippen molar-refractivity contribution in [1.29, 1.82) is 0 Å². The predicted octanol–water partition coefficient (Wildman–Crippen LogP) is 2.66. The highest BCUT2D eigenvalue weighted by atomic mass is 16.5. The summed E-state index contributed by atoms with van der Waals surface area (Å²) in [6, 6.07) is 17.1. The van der Waals surface area contributed by atoms with Gasteiger partial charge in [0.1, 0.15) is 5.75 Å². The van der Waals surface area contributed by atoms with E-state index >= 15 is 0 Å². The zero-order valence-corrected chi connectivity index (χ0v) is 14.0. The minimum atomic E-state index is -0.0634. The highest BCUT2D eigenvalue weighted by Gasteiger charge is 2.23. The van der Waals surface area contributed by atoms with Crippen LogP contribution in [0.1, 0.15) is 35.2 Å². The molecule has 0 aromatic heterocycles. The molecule has 0 bridgehead atoms. The topological polar surface area (TPSA) is 67.4 Å². The number of amides is 2. The molecule has 1 saturated carbocycles. The van der Waals surface area contributed by atoms with E-state index in [1.165, 1.54) is 0 Å². The smallest absolute Gasteiger partial charge is 0.251 e. The summed E-state index contributed by atoms with van der Waals surface area (Å²) in [5.41, 5.74) is 1.61. The fourth-order valence-corrected chi connectivity index (χ4v) is 2.34. The molecule has 0 heterocycles. The Bertz CT molecular complexity index is 709. The lowest BCUT2D eigenvalue weighted by molar-refractivity contribution is -0.121. The molecule has 2 aromatic carbocycles. The molecular formula is C20H22N2O3. The van der Waals surface area contributed by atoms with Crippen LogP contribution in [0.3, 0.4) is 0 Å². The van der Waals surface area contributed by atoms with Crippen molar-refractivity contribution in [2.24, 2.45) is 0 Å². The molecular weight excluding hydrogens is 316 g/mol. The van der Waals surface area contributed by atoms with Crippen LogP contribution in [-0.4, -0.2) is 24.5 Å². The van der Waals surface area contributed by atoms with Crippen LogP contribution >= 0.6 is 0 Å². The van der Waals surface area contributed by atoms with Gasteiger partial charge < -0.3 is 15.4 Å². The standard InChI is InChI=1S/C20H22N2O3/c23-19(12-13-25-18-4-2-1-3-5-18)21-14-15-6-8-16(9-7-15)20(24)22-17-10-11-17/h1-9,17H,10-14H2,(H,21,23)(H,22,24). The lowest BCUT2D eigenvalue weighted by Crippen LogP contribution is -2.26. The van der Waals surface area contributed by atoms with Gasteiger partial charge in [0.2, 0.25) is 5.91 Å². The van der Waals surface area contributed by atoms with Crippen LogP contribution in [0, 0.1) is 0 Å². The molecule has 2 amide bonds. The first-order valence-corrected chi connectivity index (χ1v) is 8.55. The van der Waals surface area contributed by atoms with Crippen LogP contribution in [0.5, 0.6) is 5.75 Å². The zero-order chi connectivity index (χ0) is 17.5. The third-order valence-corrected chi connectivity index (χ3v) is 3.96. The Balaban J connectivity index is 1.37. The second kappa shape index (κ2) is 8.33. The highest BCUT2D eigenvalue weighted by molar-refractivity contribution is 5.94. The molecule has 5 heteroatoms. The Kier molecular flexibility index (Phi) is 5.67. The monoisotopic (exact) mass is 338 g/mol. The number of para-hydroxylation sites is 1. The van der Waals surface area contributed by atoms with E-state index in [1.807, 2.05) is 42.5 Å². The molecule has 3 rings (SSSR count). The second-order valence-corrected chi connectivity index (χ2v) is 6.13. The van der Waals surface area contributed by atoms with Crippen molar-refractivity contribution >= 4 is 11.8 Å². The van der Waals surface area contributed by atoms with Crippen LogP contribution in [0.15, 0.2) is 54.6 Å². The van der Waals surface area contributed by atoms with E-state index in [0.29, 0.717) is 31.2 Å². The van der Waals surface area contributed by atoms with Crippen molar-refractivity contribution in [3.05, 3.63) is 65.7 Å². The highest BCUT2D eigenvalue weighted by Crippen LogP contribution is 2.19. The summed E-state index contributed by atoms with van der Waals surface area (Å²) in [5.74, 6) is 0.665. The average molecular weight is 338 g/mol. The Morgan fingerprint density at radius 1 is 1.00 bits per heavy atom. The van der Waals surface area contributed by atoms with Crippen LogP contribution in [0.4, 0.5) is 0 Å². The molecule has 130 valence electrons. The molecule has 5 nitrogen and oxygen atoms in total. The minimum Gasteiger partial charge on any atom is -0.493 e. The zero-order valence-electron chi connectivity index (χ0n) is 14.0. The molecule has 0 atom stereocenters.